The van der Waals surface area contributed by atoms with Crippen molar-refractivity contribution < 1.29 is 9.18 Å². The summed E-state index contributed by atoms with van der Waals surface area (Å²) >= 11 is 0. The van der Waals surface area contributed by atoms with Crippen molar-refractivity contribution in [2.45, 2.75) is 32.4 Å². The molecule has 1 amide bonds. The molecular formula is C23H23FN4O. The zero-order valence-electron chi connectivity index (χ0n) is 16.3. The van der Waals surface area contributed by atoms with Crippen molar-refractivity contribution in [3.05, 3.63) is 59.0 Å². The van der Waals surface area contributed by atoms with Crippen molar-refractivity contribution in [2.75, 3.05) is 18.4 Å². The van der Waals surface area contributed by atoms with Crippen molar-refractivity contribution in [2.24, 2.45) is 0 Å². The summed E-state index contributed by atoms with van der Waals surface area (Å²) in [5, 5.41) is 15.9. The van der Waals surface area contributed by atoms with Gasteiger partial charge in [0.1, 0.15) is 11.9 Å². The number of nitriles is 1. The van der Waals surface area contributed by atoms with Crippen molar-refractivity contribution in [1.82, 2.24) is 10.2 Å². The van der Waals surface area contributed by atoms with Crippen molar-refractivity contribution >= 4 is 17.7 Å². The zero-order valence-corrected chi connectivity index (χ0v) is 16.3. The SMILES string of the molecule is CC(=O)N1CCC(Nc2cc(-c3ccc(C#N)c(F)c3)cc3c2CNC=C3)CC1. The first kappa shape index (κ1) is 19.0. The number of rotatable bonds is 3. The summed E-state index contributed by atoms with van der Waals surface area (Å²) in [4.78, 5) is 13.5. The molecule has 0 unspecified atom stereocenters. The Morgan fingerprint density at radius 3 is 2.72 bits per heavy atom. The number of nitrogens with one attached hydrogen (secondary N) is 2. The molecule has 2 aromatic rings. The summed E-state index contributed by atoms with van der Waals surface area (Å²) in [7, 11) is 0. The number of fused-ring (bicyclic) bond motifs is 1. The lowest BCUT2D eigenvalue weighted by atomic mass is 9.94. The number of anilines is 1. The first-order valence-corrected chi connectivity index (χ1v) is 9.84. The normalized spacial score (nSPS) is 16.0. The number of amides is 1. The van der Waals surface area contributed by atoms with Crippen LogP contribution in [-0.2, 0) is 11.3 Å². The third-order valence-electron chi connectivity index (χ3n) is 5.67. The molecular weight excluding hydrogens is 367 g/mol. The molecule has 0 aliphatic carbocycles. The van der Waals surface area contributed by atoms with Crippen molar-refractivity contribution in [1.29, 1.82) is 5.26 Å². The van der Waals surface area contributed by atoms with Gasteiger partial charge in [-0.2, -0.15) is 5.26 Å². The quantitative estimate of drug-likeness (QED) is 0.835. The molecule has 2 heterocycles. The number of carbonyl (C=O) groups excluding carboxylic acids is 1. The summed E-state index contributed by atoms with van der Waals surface area (Å²) in [6.07, 6.45) is 5.73. The molecule has 0 aromatic heterocycles. The Morgan fingerprint density at radius 2 is 2.03 bits per heavy atom. The van der Waals surface area contributed by atoms with E-state index in [0.29, 0.717) is 0 Å². The molecule has 0 bridgehead atoms. The van der Waals surface area contributed by atoms with E-state index >= 15 is 0 Å². The van der Waals surface area contributed by atoms with Gasteiger partial charge >= 0.3 is 0 Å². The van der Waals surface area contributed by atoms with Crippen LogP contribution in [0.4, 0.5) is 10.1 Å². The monoisotopic (exact) mass is 390 g/mol. The molecule has 2 aliphatic rings. The van der Waals surface area contributed by atoms with E-state index < -0.39 is 5.82 Å². The van der Waals surface area contributed by atoms with E-state index in [1.165, 1.54) is 17.7 Å². The highest BCUT2D eigenvalue weighted by atomic mass is 19.1. The minimum atomic E-state index is -0.508. The average molecular weight is 390 g/mol. The molecule has 29 heavy (non-hydrogen) atoms. The second kappa shape index (κ2) is 7.96. The van der Waals surface area contributed by atoms with Crippen LogP contribution in [-0.4, -0.2) is 29.9 Å². The van der Waals surface area contributed by atoms with Crippen LogP contribution in [0.2, 0.25) is 0 Å². The summed E-state index contributed by atoms with van der Waals surface area (Å²) in [5.74, 6) is -0.383. The van der Waals surface area contributed by atoms with Crippen LogP contribution in [0.5, 0.6) is 0 Å². The van der Waals surface area contributed by atoms with Gasteiger partial charge in [0, 0.05) is 43.9 Å². The van der Waals surface area contributed by atoms with E-state index in [2.05, 4.69) is 22.8 Å². The number of halogens is 1. The molecule has 4 rings (SSSR count). The fourth-order valence-electron chi connectivity index (χ4n) is 3.99. The Kier molecular flexibility index (Phi) is 5.22. The van der Waals surface area contributed by atoms with Crippen LogP contribution in [0, 0.1) is 17.1 Å². The molecule has 1 saturated heterocycles. The maximum absolute atomic E-state index is 14.2. The van der Waals surface area contributed by atoms with Crippen LogP contribution >= 0.6 is 0 Å². The minimum absolute atomic E-state index is 0.0476. The third-order valence-corrected chi connectivity index (χ3v) is 5.67. The fourth-order valence-corrected chi connectivity index (χ4v) is 3.99. The van der Waals surface area contributed by atoms with E-state index in [1.807, 2.05) is 23.2 Å². The van der Waals surface area contributed by atoms with Crippen LogP contribution < -0.4 is 10.6 Å². The molecule has 6 heteroatoms. The standard InChI is InChI=1S/C23H23FN4O/c1-15(29)28-8-5-20(6-9-28)27-23-12-19(10-17-4-7-26-14-21(17)23)16-2-3-18(13-25)22(24)11-16/h2-4,7,10-12,20,26-27H,5-6,8-9,14H2,1H3. The van der Waals surface area contributed by atoms with Crippen LogP contribution in [0.3, 0.4) is 0 Å². The molecule has 0 atom stereocenters. The van der Waals surface area contributed by atoms with Crippen molar-refractivity contribution in [3.8, 4) is 17.2 Å². The Hall–Kier alpha value is -3.33. The number of carbonyl (C=O) groups is 1. The lowest BCUT2D eigenvalue weighted by Crippen LogP contribution is -2.41. The van der Waals surface area contributed by atoms with E-state index in [4.69, 9.17) is 5.26 Å². The van der Waals surface area contributed by atoms with Gasteiger partial charge in [0.2, 0.25) is 5.91 Å². The smallest absolute Gasteiger partial charge is 0.219 e. The highest BCUT2D eigenvalue weighted by Gasteiger charge is 2.22. The molecule has 1 fully saturated rings. The van der Waals surface area contributed by atoms with Gasteiger partial charge in [-0.1, -0.05) is 6.07 Å². The first-order valence-electron chi connectivity index (χ1n) is 9.84. The molecule has 2 aliphatic heterocycles. The van der Waals surface area contributed by atoms with E-state index in [0.717, 1.165) is 54.9 Å². The van der Waals surface area contributed by atoms with Gasteiger partial charge in [-0.3, -0.25) is 4.79 Å². The van der Waals surface area contributed by atoms with E-state index in [-0.39, 0.29) is 17.5 Å². The average Bonchev–Trinajstić information content (AvgIpc) is 2.74. The molecule has 2 aromatic carbocycles. The molecule has 0 saturated carbocycles. The van der Waals surface area contributed by atoms with Gasteiger partial charge < -0.3 is 15.5 Å². The summed E-state index contributed by atoms with van der Waals surface area (Å²) in [5.41, 5.74) is 4.99. The van der Waals surface area contributed by atoms with Gasteiger partial charge in [0.05, 0.1) is 5.56 Å². The predicted octanol–water partition coefficient (Wildman–Crippen LogP) is 3.86. The number of hydrogen-bond donors (Lipinski definition) is 2. The molecule has 5 nitrogen and oxygen atoms in total. The first-order chi connectivity index (χ1) is 14.0. The number of likely N-dealkylation sites (tertiary alicyclic amines) is 1. The van der Waals surface area contributed by atoms with Gasteiger partial charge in [0.15, 0.2) is 0 Å². The zero-order chi connectivity index (χ0) is 20.4. The minimum Gasteiger partial charge on any atom is -0.387 e. The highest BCUT2D eigenvalue weighted by Crippen LogP contribution is 2.33. The number of piperidine rings is 1. The number of benzene rings is 2. The topological polar surface area (TPSA) is 68.2 Å². The maximum Gasteiger partial charge on any atom is 0.219 e. The van der Waals surface area contributed by atoms with E-state index in [9.17, 15) is 9.18 Å². The summed E-state index contributed by atoms with van der Waals surface area (Å²) in [6, 6.07) is 11.0. The second-order valence-corrected chi connectivity index (χ2v) is 7.54. The van der Waals surface area contributed by atoms with Gasteiger partial charge in [-0.15, -0.1) is 0 Å². The Labute approximate surface area is 169 Å². The Balaban J connectivity index is 1.64. The van der Waals surface area contributed by atoms with Crippen LogP contribution in [0.25, 0.3) is 17.2 Å². The Bertz CT molecular complexity index is 1020. The molecule has 2 N–H and O–H groups in total. The maximum atomic E-state index is 14.2. The molecule has 148 valence electrons. The van der Waals surface area contributed by atoms with Gasteiger partial charge in [-0.05, 0) is 66.1 Å². The fraction of sp³-hybridized carbons (Fsp3) is 0.304. The lowest BCUT2D eigenvalue weighted by molar-refractivity contribution is -0.129. The van der Waals surface area contributed by atoms with E-state index in [1.54, 1.807) is 13.0 Å². The van der Waals surface area contributed by atoms with Crippen LogP contribution in [0.1, 0.15) is 36.5 Å². The van der Waals surface area contributed by atoms with Crippen LogP contribution in [0.15, 0.2) is 36.5 Å². The Morgan fingerprint density at radius 1 is 1.24 bits per heavy atom. The second-order valence-electron chi connectivity index (χ2n) is 7.54. The summed E-state index contributed by atoms with van der Waals surface area (Å²) in [6.45, 7) is 3.85. The predicted molar refractivity (Wildman–Crippen MR) is 111 cm³/mol. The lowest BCUT2D eigenvalue weighted by Gasteiger charge is -2.33. The largest absolute Gasteiger partial charge is 0.387 e. The number of nitrogens with zero attached hydrogens (tertiary/aromatic N) is 2. The molecule has 0 spiro atoms. The molecule has 0 radical (unpaired) electrons. The third kappa shape index (κ3) is 3.95. The van der Waals surface area contributed by atoms with Gasteiger partial charge in [0.25, 0.3) is 0 Å². The highest BCUT2D eigenvalue weighted by molar-refractivity contribution is 5.77. The van der Waals surface area contributed by atoms with Crippen molar-refractivity contribution in [3.63, 3.8) is 0 Å². The van der Waals surface area contributed by atoms with Gasteiger partial charge in [-0.25, -0.2) is 4.39 Å². The number of hydrogen-bond acceptors (Lipinski definition) is 4. The summed E-state index contributed by atoms with van der Waals surface area (Å²) < 4.78 is 14.2.